The highest BCUT2D eigenvalue weighted by molar-refractivity contribution is 6.77. The molecule has 0 aliphatic heterocycles. The summed E-state index contributed by atoms with van der Waals surface area (Å²) in [6.45, 7) is -3.80. The lowest BCUT2D eigenvalue weighted by Gasteiger charge is -2.33. The van der Waals surface area contributed by atoms with Crippen molar-refractivity contribution in [1.29, 1.82) is 5.26 Å². The van der Waals surface area contributed by atoms with Gasteiger partial charge in [-0.2, -0.15) is 0 Å². The maximum Gasteiger partial charge on any atom is 0.448 e. The Balaban J connectivity index is 4.73. The summed E-state index contributed by atoms with van der Waals surface area (Å²) in [5.41, 5.74) is 0. The summed E-state index contributed by atoms with van der Waals surface area (Å²) in [4.78, 5) is 0. The Morgan fingerprint density at radius 1 is 1.27 bits per heavy atom. The number of nitrogens with zero attached hydrogens (tertiary/aromatic N) is 1. The van der Waals surface area contributed by atoms with Crippen molar-refractivity contribution in [3.05, 3.63) is 0 Å². The van der Waals surface area contributed by atoms with E-state index in [2.05, 4.69) is 9.31 Å². The Labute approximate surface area is 61.7 Å². The molecule has 0 rings (SSSR count). The summed E-state index contributed by atoms with van der Waals surface area (Å²) in [5.74, 6) is 0.948. The van der Waals surface area contributed by atoms with Gasteiger partial charge in [-0.15, -0.1) is 0 Å². The molecule has 0 bridgehead atoms. The van der Waals surface area contributed by atoms with Crippen LogP contribution in [0, 0.1) is 11.2 Å². The molecule has 0 saturated heterocycles. The Morgan fingerprint density at radius 2 is 1.64 bits per heavy atom. The average Bonchev–Trinajstić information content (AvgIpc) is 1.90. The molecule has 0 aromatic rings. The fourth-order valence-electron chi connectivity index (χ4n) is 0.542. The van der Waals surface area contributed by atoms with E-state index < -0.39 is 12.6 Å². The van der Waals surface area contributed by atoms with Gasteiger partial charge in [0.2, 0.25) is 0 Å². The van der Waals surface area contributed by atoms with Crippen molar-refractivity contribution >= 4 is 6.55 Å². The number of alkyl halides is 3. The topological polar surface area (TPSA) is 42.2 Å². The van der Waals surface area contributed by atoms with Gasteiger partial charge in [-0.1, -0.05) is 5.97 Å². The molecule has 0 spiro atoms. The third-order valence-corrected chi connectivity index (χ3v) is 1.26. The fraction of sp³-hybridized carbons (Fsp3) is 0.750. The van der Waals surface area contributed by atoms with Crippen LogP contribution in [-0.4, -0.2) is 26.8 Å². The smallest absolute Gasteiger partial charge is 0.448 e. The van der Waals surface area contributed by atoms with Gasteiger partial charge in [0.05, 0.1) is 0 Å². The Bertz CT molecular complexity index is 171. The number of rotatable bonds is 2. The molecular weight excluding hydrogens is 162 g/mol. The maximum atomic E-state index is 11.9. The highest BCUT2D eigenvalue weighted by Gasteiger charge is 2.52. The van der Waals surface area contributed by atoms with Gasteiger partial charge in [-0.05, 0) is 14.2 Å². The molecule has 0 heterocycles. The van der Waals surface area contributed by atoms with E-state index in [1.807, 2.05) is 0 Å². The van der Waals surface area contributed by atoms with Crippen molar-refractivity contribution in [3.63, 3.8) is 0 Å². The normalized spacial score (nSPS) is 12.7. The molecule has 64 valence electrons. The highest BCUT2D eigenvalue weighted by Crippen LogP contribution is 2.28. The van der Waals surface area contributed by atoms with Crippen LogP contribution in [0.3, 0.4) is 0 Å². The Kier molecular flexibility index (Phi) is 2.90. The van der Waals surface area contributed by atoms with E-state index in [1.54, 1.807) is 0 Å². The number of nitriles is 1. The number of hydrogen-bond acceptors (Lipinski definition) is 3. The zero-order valence-corrected chi connectivity index (χ0v) is 5.97. The minimum Gasteiger partial charge on any atom is -0.553 e. The predicted octanol–water partition coefficient (Wildman–Crippen LogP) is 0.886. The minimum absolute atomic E-state index is 0.778. The zero-order valence-electron chi connectivity index (χ0n) is 5.97. The molecule has 0 fully saturated rings. The van der Waals surface area contributed by atoms with Gasteiger partial charge in [0.15, 0.2) is 0 Å². The quantitative estimate of drug-likeness (QED) is 0.574. The molecule has 0 atom stereocenters. The maximum absolute atomic E-state index is 11.9. The van der Waals surface area contributed by atoms with Gasteiger partial charge in [0.25, 0.3) is 0 Å². The first kappa shape index (κ1) is 10.3. The van der Waals surface area contributed by atoms with Crippen LogP contribution in [0.1, 0.15) is 0 Å². The van der Waals surface area contributed by atoms with Gasteiger partial charge < -0.3 is 9.31 Å². The summed E-state index contributed by atoms with van der Waals surface area (Å²) >= 11 is 0. The van der Waals surface area contributed by atoms with E-state index in [-0.39, 0.29) is 0 Å². The first-order valence-electron chi connectivity index (χ1n) is 2.66. The standard InChI is InChI=1S/C4H6BF3NO2/c1-10-5(3-9,11-2)4(6,7)8/h1-2H3/q-1. The molecule has 3 nitrogen and oxygen atoms in total. The van der Waals surface area contributed by atoms with E-state index in [1.165, 1.54) is 0 Å². The van der Waals surface area contributed by atoms with Crippen LogP contribution in [0.5, 0.6) is 0 Å². The monoisotopic (exact) mass is 168 g/mol. The van der Waals surface area contributed by atoms with Crippen LogP contribution in [0.25, 0.3) is 0 Å². The molecule has 0 aromatic carbocycles. The van der Waals surface area contributed by atoms with Crippen LogP contribution < -0.4 is 0 Å². The van der Waals surface area contributed by atoms with Gasteiger partial charge in [0, 0.05) is 0 Å². The van der Waals surface area contributed by atoms with Crippen molar-refractivity contribution in [2.45, 2.75) is 6.08 Å². The molecule has 0 N–H and O–H groups in total. The molecular formula is C4H6BF3NO2-. The molecule has 0 unspecified atom stereocenters. The van der Waals surface area contributed by atoms with Crippen LogP contribution in [0.15, 0.2) is 0 Å². The van der Waals surface area contributed by atoms with Crippen molar-refractivity contribution < 1.29 is 22.5 Å². The fourth-order valence-corrected chi connectivity index (χ4v) is 0.542. The number of halogens is 3. The van der Waals surface area contributed by atoms with E-state index in [0.717, 1.165) is 20.2 Å². The summed E-state index contributed by atoms with van der Waals surface area (Å²) in [5, 5.41) is 8.12. The Morgan fingerprint density at radius 3 is 1.64 bits per heavy atom. The van der Waals surface area contributed by atoms with Gasteiger partial charge in [-0.3, -0.25) is 0 Å². The van der Waals surface area contributed by atoms with Gasteiger partial charge >= 0.3 is 12.6 Å². The second-order valence-corrected chi connectivity index (χ2v) is 1.85. The average molecular weight is 168 g/mol. The lowest BCUT2D eigenvalue weighted by molar-refractivity contribution is -0.0889. The second kappa shape index (κ2) is 3.11. The first-order chi connectivity index (χ1) is 4.93. The van der Waals surface area contributed by atoms with E-state index in [4.69, 9.17) is 5.26 Å². The zero-order chi connectivity index (χ0) is 9.12. The van der Waals surface area contributed by atoms with Gasteiger partial charge in [0.1, 0.15) is 0 Å². The summed E-state index contributed by atoms with van der Waals surface area (Å²) in [6, 6.07) is 0. The van der Waals surface area contributed by atoms with Crippen LogP contribution in [0.2, 0.25) is 0 Å². The molecule has 7 heteroatoms. The molecule has 0 aliphatic carbocycles. The summed E-state index contributed by atoms with van der Waals surface area (Å²) < 4.78 is 43.7. The van der Waals surface area contributed by atoms with Crippen LogP contribution in [-0.2, 0) is 9.31 Å². The van der Waals surface area contributed by atoms with Crippen LogP contribution in [0.4, 0.5) is 13.2 Å². The van der Waals surface area contributed by atoms with Crippen molar-refractivity contribution in [2.75, 3.05) is 14.2 Å². The summed E-state index contributed by atoms with van der Waals surface area (Å²) in [6.07, 6.45) is -4.78. The van der Waals surface area contributed by atoms with E-state index in [9.17, 15) is 13.2 Å². The third kappa shape index (κ3) is 1.64. The highest BCUT2D eigenvalue weighted by atomic mass is 19.4. The Hall–Kier alpha value is -0.735. The lowest BCUT2D eigenvalue weighted by Crippen LogP contribution is -2.54. The largest absolute Gasteiger partial charge is 0.553 e. The SMILES string of the molecule is CO[B-](C#N)(OC)C(F)(F)F. The van der Waals surface area contributed by atoms with E-state index >= 15 is 0 Å². The van der Waals surface area contributed by atoms with E-state index in [0.29, 0.717) is 0 Å². The first-order valence-corrected chi connectivity index (χ1v) is 2.66. The third-order valence-electron chi connectivity index (χ3n) is 1.26. The molecule has 0 saturated carbocycles. The van der Waals surface area contributed by atoms with Crippen LogP contribution >= 0.6 is 0 Å². The molecule has 0 amide bonds. The minimum atomic E-state index is -4.78. The molecule has 0 radical (unpaired) electrons. The van der Waals surface area contributed by atoms with Crippen molar-refractivity contribution in [2.24, 2.45) is 0 Å². The van der Waals surface area contributed by atoms with Crippen molar-refractivity contribution in [3.8, 4) is 5.97 Å². The second-order valence-electron chi connectivity index (χ2n) is 1.85. The summed E-state index contributed by atoms with van der Waals surface area (Å²) in [7, 11) is 1.56. The lowest BCUT2D eigenvalue weighted by atomic mass is 9.58. The predicted molar refractivity (Wildman–Crippen MR) is 31.4 cm³/mol. The molecule has 11 heavy (non-hydrogen) atoms. The number of hydrogen-bond donors (Lipinski definition) is 0. The van der Waals surface area contributed by atoms with Gasteiger partial charge in [-0.25, -0.2) is 18.4 Å². The molecule has 0 aromatic heterocycles. The molecule has 0 aliphatic rings. The van der Waals surface area contributed by atoms with Crippen molar-refractivity contribution in [1.82, 2.24) is 0 Å².